The van der Waals surface area contributed by atoms with Crippen molar-refractivity contribution >= 4 is 45.6 Å². The number of nitrogens with zero attached hydrogens (tertiary/aromatic N) is 5. The highest BCUT2D eigenvalue weighted by atomic mass is 19.4. The fraction of sp³-hybridized carbons (Fsp3) is 0.375. The molecule has 7 rings (SSSR count). The van der Waals surface area contributed by atoms with E-state index < -0.39 is 17.2 Å². The average Bonchev–Trinajstić information content (AvgIpc) is 3.79. The van der Waals surface area contributed by atoms with Crippen LogP contribution in [-0.4, -0.2) is 65.7 Å². The van der Waals surface area contributed by atoms with Crippen LogP contribution in [0.2, 0.25) is 0 Å². The number of furan rings is 1. The number of carbonyl (C=O) groups is 1. The number of nitrogens with one attached hydrogen (secondary N) is 1. The Morgan fingerprint density at radius 1 is 1.04 bits per heavy atom. The molecule has 0 unspecified atom stereocenters. The van der Waals surface area contributed by atoms with E-state index in [1.165, 1.54) is 23.1 Å². The number of hydrogen-bond donors (Lipinski definition) is 1. The molecule has 1 aromatic carbocycles. The van der Waals surface area contributed by atoms with E-state index in [0.29, 0.717) is 43.0 Å². The van der Waals surface area contributed by atoms with Gasteiger partial charge in [0.2, 0.25) is 17.0 Å². The fourth-order valence-corrected chi connectivity index (χ4v) is 6.27. The van der Waals surface area contributed by atoms with E-state index in [2.05, 4.69) is 15.3 Å². The maximum atomic E-state index is 14.5. The number of rotatable bonds is 6. The fourth-order valence-electron chi connectivity index (χ4n) is 6.27. The molecule has 1 N–H and O–H groups in total. The van der Waals surface area contributed by atoms with Crippen LogP contribution in [0, 0.1) is 0 Å². The molecule has 5 aromatic rings. The third-order valence-electron chi connectivity index (χ3n) is 8.52. The SMILES string of the molecule is CN(C)C(=O)c1cc2cnc(Nc3ccc(-c4coc5c(=O)cc(N6CCOCC6)oc45)c(C(F)(F)F)c3)nc2n1C1CCCC1. The van der Waals surface area contributed by atoms with Gasteiger partial charge in [-0.25, -0.2) is 4.98 Å². The lowest BCUT2D eigenvalue weighted by molar-refractivity contribution is -0.137. The minimum Gasteiger partial charge on any atom is -0.456 e. The molecule has 14 heteroatoms. The molecule has 11 nitrogen and oxygen atoms in total. The van der Waals surface area contributed by atoms with Crippen molar-refractivity contribution in [3.05, 3.63) is 64.3 Å². The van der Waals surface area contributed by atoms with Crippen molar-refractivity contribution in [2.45, 2.75) is 37.9 Å². The van der Waals surface area contributed by atoms with E-state index in [9.17, 15) is 22.8 Å². The number of benzene rings is 1. The van der Waals surface area contributed by atoms with Crippen molar-refractivity contribution in [3.63, 3.8) is 0 Å². The highest BCUT2D eigenvalue weighted by molar-refractivity contribution is 5.98. The molecule has 4 aromatic heterocycles. The van der Waals surface area contributed by atoms with Crippen LogP contribution < -0.4 is 15.6 Å². The lowest BCUT2D eigenvalue weighted by Gasteiger charge is -2.27. The molecule has 1 saturated carbocycles. The van der Waals surface area contributed by atoms with Gasteiger partial charge in [-0.3, -0.25) is 9.59 Å². The largest absolute Gasteiger partial charge is 0.456 e. The monoisotopic (exact) mass is 636 g/mol. The summed E-state index contributed by atoms with van der Waals surface area (Å²) in [5.41, 5.74) is -0.756. The zero-order valence-corrected chi connectivity index (χ0v) is 25.2. The molecule has 1 saturated heterocycles. The van der Waals surface area contributed by atoms with Crippen LogP contribution in [0.15, 0.2) is 56.4 Å². The van der Waals surface area contributed by atoms with E-state index in [0.717, 1.165) is 38.0 Å². The Hall–Kier alpha value is -4.85. The van der Waals surface area contributed by atoms with Crippen molar-refractivity contribution in [2.75, 3.05) is 50.6 Å². The third kappa shape index (κ3) is 5.36. The van der Waals surface area contributed by atoms with E-state index in [4.69, 9.17) is 13.6 Å². The lowest BCUT2D eigenvalue weighted by Crippen LogP contribution is -2.36. The summed E-state index contributed by atoms with van der Waals surface area (Å²) in [4.78, 5) is 38.1. The van der Waals surface area contributed by atoms with Gasteiger partial charge in [0.15, 0.2) is 11.5 Å². The Bertz CT molecular complexity index is 2000. The molecular formula is C32H31F3N6O5. The highest BCUT2D eigenvalue weighted by Crippen LogP contribution is 2.42. The van der Waals surface area contributed by atoms with Crippen LogP contribution in [0.25, 0.3) is 33.3 Å². The first-order valence-corrected chi connectivity index (χ1v) is 15.0. The van der Waals surface area contributed by atoms with Crippen molar-refractivity contribution in [1.82, 2.24) is 19.4 Å². The van der Waals surface area contributed by atoms with E-state index in [-0.39, 0.29) is 51.8 Å². The average molecular weight is 637 g/mol. The predicted molar refractivity (Wildman–Crippen MR) is 165 cm³/mol. The Morgan fingerprint density at radius 3 is 2.52 bits per heavy atom. The number of morpholine rings is 1. The first-order chi connectivity index (χ1) is 22.1. The molecule has 0 bridgehead atoms. The summed E-state index contributed by atoms with van der Waals surface area (Å²) >= 11 is 0. The standard InChI is InChI=1S/C32H31F3N6O5/c1-39(2)30(43)24-13-18-16-36-31(38-29(18)41(24)20-5-3-4-6-20)37-19-7-8-21(23(14-19)32(33,34)35)22-17-45-28-25(42)15-26(46-27(22)28)40-9-11-44-12-10-40/h7-8,13-17,20H,3-6,9-12H2,1-2H3,(H,36,37,38). The second-order valence-corrected chi connectivity index (χ2v) is 11.7. The van der Waals surface area contributed by atoms with Crippen molar-refractivity contribution in [3.8, 4) is 11.1 Å². The first-order valence-electron chi connectivity index (χ1n) is 15.0. The molecule has 0 spiro atoms. The minimum atomic E-state index is -4.76. The maximum absolute atomic E-state index is 14.5. The van der Waals surface area contributed by atoms with Crippen molar-refractivity contribution < 1.29 is 31.5 Å². The molecule has 0 atom stereocenters. The highest BCUT2D eigenvalue weighted by Gasteiger charge is 2.36. The topological polar surface area (TPSA) is 119 Å². The Labute approximate surface area is 260 Å². The lowest BCUT2D eigenvalue weighted by atomic mass is 10.00. The van der Waals surface area contributed by atoms with Crippen LogP contribution in [0.1, 0.15) is 47.8 Å². The van der Waals surface area contributed by atoms with Crippen molar-refractivity contribution in [1.29, 1.82) is 0 Å². The summed E-state index contributed by atoms with van der Waals surface area (Å²) in [7, 11) is 3.37. The van der Waals surface area contributed by atoms with E-state index in [1.807, 2.05) is 4.57 Å². The van der Waals surface area contributed by atoms with Gasteiger partial charge in [0.25, 0.3) is 5.91 Å². The van der Waals surface area contributed by atoms with Gasteiger partial charge in [-0.05, 0) is 31.0 Å². The summed E-state index contributed by atoms with van der Waals surface area (Å²) in [5.74, 6) is 0.162. The Balaban J connectivity index is 1.27. The van der Waals surface area contributed by atoms with Gasteiger partial charge in [-0.2, -0.15) is 18.2 Å². The molecule has 2 fully saturated rings. The van der Waals surface area contributed by atoms with Gasteiger partial charge < -0.3 is 33.3 Å². The van der Waals surface area contributed by atoms with Gasteiger partial charge in [0.05, 0.1) is 30.4 Å². The number of alkyl halides is 3. The molecule has 240 valence electrons. The van der Waals surface area contributed by atoms with Gasteiger partial charge in [0.1, 0.15) is 17.6 Å². The number of hydrogen-bond acceptors (Lipinski definition) is 9. The summed E-state index contributed by atoms with van der Waals surface area (Å²) in [6, 6.07) is 6.85. The number of aromatic nitrogens is 3. The smallest absolute Gasteiger partial charge is 0.417 e. The molecule has 0 radical (unpaired) electrons. The number of amides is 1. The van der Waals surface area contributed by atoms with Crippen LogP contribution in [0.4, 0.5) is 30.7 Å². The quantitative estimate of drug-likeness (QED) is 0.232. The predicted octanol–water partition coefficient (Wildman–Crippen LogP) is 6.21. The maximum Gasteiger partial charge on any atom is 0.417 e. The van der Waals surface area contributed by atoms with Crippen LogP contribution in [0.5, 0.6) is 0 Å². The number of carbonyl (C=O) groups excluding carboxylic acids is 1. The molecule has 5 heterocycles. The van der Waals surface area contributed by atoms with Crippen LogP contribution >= 0.6 is 0 Å². The zero-order chi connectivity index (χ0) is 32.2. The number of ether oxygens (including phenoxy) is 1. The molecule has 1 aliphatic heterocycles. The Kier molecular flexibility index (Phi) is 7.46. The normalized spacial score (nSPS) is 16.1. The van der Waals surface area contributed by atoms with Gasteiger partial charge in [-0.15, -0.1) is 0 Å². The molecule has 2 aliphatic rings. The van der Waals surface area contributed by atoms with Gasteiger partial charge in [-0.1, -0.05) is 18.9 Å². The van der Waals surface area contributed by atoms with Gasteiger partial charge >= 0.3 is 6.18 Å². The first kappa shape index (κ1) is 29.8. The number of anilines is 3. The number of fused-ring (bicyclic) bond motifs is 2. The van der Waals surface area contributed by atoms with Crippen LogP contribution in [0.3, 0.4) is 0 Å². The summed E-state index contributed by atoms with van der Waals surface area (Å²) in [6.07, 6.45) is 1.78. The zero-order valence-electron chi connectivity index (χ0n) is 25.2. The summed E-state index contributed by atoms with van der Waals surface area (Å²) < 4.78 is 62.3. The van der Waals surface area contributed by atoms with E-state index >= 15 is 0 Å². The molecule has 46 heavy (non-hydrogen) atoms. The van der Waals surface area contributed by atoms with Crippen molar-refractivity contribution in [2.24, 2.45) is 0 Å². The second kappa shape index (κ2) is 11.5. The van der Waals surface area contributed by atoms with E-state index in [1.54, 1.807) is 31.3 Å². The minimum absolute atomic E-state index is 0.00577. The third-order valence-corrected chi connectivity index (χ3v) is 8.52. The summed E-state index contributed by atoms with van der Waals surface area (Å²) in [6.45, 7) is 1.82. The second-order valence-electron chi connectivity index (χ2n) is 11.7. The molecular weight excluding hydrogens is 605 g/mol. The van der Waals surface area contributed by atoms with Gasteiger partial charge in [0, 0.05) is 56.1 Å². The number of halogens is 3. The summed E-state index contributed by atoms with van der Waals surface area (Å²) in [5, 5.41) is 3.58. The molecule has 1 aliphatic carbocycles. The van der Waals surface area contributed by atoms with Crippen LogP contribution in [-0.2, 0) is 10.9 Å². The Morgan fingerprint density at radius 2 is 1.80 bits per heavy atom. The molecule has 1 amide bonds.